The molecule has 0 unspecified atom stereocenters. The number of furan rings is 1. The number of amides is 1. The molecule has 0 fully saturated rings. The van der Waals surface area contributed by atoms with Crippen molar-refractivity contribution in [1.29, 1.82) is 0 Å². The van der Waals surface area contributed by atoms with Gasteiger partial charge in [0.05, 0.1) is 14.2 Å². The molecule has 0 saturated carbocycles. The molecule has 0 radical (unpaired) electrons. The molecule has 1 heterocycles. The van der Waals surface area contributed by atoms with Crippen LogP contribution in [0.5, 0.6) is 11.5 Å². The Morgan fingerprint density at radius 3 is 2.56 bits per heavy atom. The fourth-order valence-corrected chi connectivity index (χ4v) is 3.01. The fraction of sp³-hybridized carbons (Fsp3) is 0.227. The van der Waals surface area contributed by atoms with Crippen LogP contribution in [-0.4, -0.2) is 20.1 Å². The molecule has 27 heavy (non-hydrogen) atoms. The Balaban J connectivity index is 1.85. The van der Waals surface area contributed by atoms with E-state index in [4.69, 9.17) is 13.9 Å². The van der Waals surface area contributed by atoms with Crippen LogP contribution in [0.4, 0.5) is 5.69 Å². The second-order valence-corrected chi connectivity index (χ2v) is 6.13. The Morgan fingerprint density at radius 2 is 1.85 bits per heavy atom. The number of carbonyl (C=O) groups excluding carboxylic acids is 1. The van der Waals surface area contributed by atoms with Crippen molar-refractivity contribution in [1.82, 2.24) is 0 Å². The second kappa shape index (κ2) is 7.99. The predicted octanol–water partition coefficient (Wildman–Crippen LogP) is 4.97. The van der Waals surface area contributed by atoms with E-state index in [0.29, 0.717) is 17.2 Å². The highest BCUT2D eigenvalue weighted by Gasteiger charge is 2.12. The normalized spacial score (nSPS) is 11.1. The Hall–Kier alpha value is -3.21. The topological polar surface area (TPSA) is 60.7 Å². The van der Waals surface area contributed by atoms with Gasteiger partial charge in [0.1, 0.15) is 11.3 Å². The van der Waals surface area contributed by atoms with Gasteiger partial charge < -0.3 is 19.2 Å². The van der Waals surface area contributed by atoms with E-state index >= 15 is 0 Å². The number of aryl methyl sites for hydroxylation is 2. The zero-order chi connectivity index (χ0) is 19.4. The van der Waals surface area contributed by atoms with Crippen molar-refractivity contribution in [2.75, 3.05) is 19.5 Å². The van der Waals surface area contributed by atoms with Crippen molar-refractivity contribution in [2.45, 2.75) is 20.3 Å². The summed E-state index contributed by atoms with van der Waals surface area (Å²) < 4.78 is 16.4. The first-order valence-corrected chi connectivity index (χ1v) is 8.79. The molecular formula is C22H23NO4. The van der Waals surface area contributed by atoms with Gasteiger partial charge in [-0.25, -0.2) is 0 Å². The first kappa shape index (κ1) is 18.6. The highest BCUT2D eigenvalue weighted by atomic mass is 16.5. The SMILES string of the molecule is CCc1oc2ccccc2c1/C=C/C(=O)Nc1cc(OC)c(OC)cc1C. The van der Waals surface area contributed by atoms with Crippen molar-refractivity contribution in [2.24, 2.45) is 0 Å². The Morgan fingerprint density at radius 1 is 1.15 bits per heavy atom. The highest BCUT2D eigenvalue weighted by Crippen LogP contribution is 2.33. The predicted molar refractivity (Wildman–Crippen MR) is 108 cm³/mol. The summed E-state index contributed by atoms with van der Waals surface area (Å²) in [6.07, 6.45) is 4.08. The van der Waals surface area contributed by atoms with Gasteiger partial charge in [0.25, 0.3) is 0 Å². The molecule has 140 valence electrons. The summed E-state index contributed by atoms with van der Waals surface area (Å²) in [5.74, 6) is 1.83. The van der Waals surface area contributed by atoms with Gasteiger partial charge in [-0.2, -0.15) is 0 Å². The van der Waals surface area contributed by atoms with Gasteiger partial charge in [-0.15, -0.1) is 0 Å². The quantitative estimate of drug-likeness (QED) is 0.626. The molecule has 0 aliphatic rings. The summed E-state index contributed by atoms with van der Waals surface area (Å²) >= 11 is 0. The third kappa shape index (κ3) is 3.82. The zero-order valence-corrected chi connectivity index (χ0v) is 16.0. The molecule has 1 amide bonds. The molecule has 0 spiro atoms. The van der Waals surface area contributed by atoms with E-state index in [1.807, 2.05) is 44.2 Å². The molecule has 0 atom stereocenters. The van der Waals surface area contributed by atoms with Gasteiger partial charge in [-0.1, -0.05) is 25.1 Å². The molecule has 0 aliphatic heterocycles. The maximum absolute atomic E-state index is 12.4. The zero-order valence-electron chi connectivity index (χ0n) is 16.0. The second-order valence-electron chi connectivity index (χ2n) is 6.13. The van der Waals surface area contributed by atoms with Crippen LogP contribution in [0.2, 0.25) is 0 Å². The summed E-state index contributed by atoms with van der Waals surface area (Å²) in [7, 11) is 3.15. The van der Waals surface area contributed by atoms with Gasteiger partial charge in [-0.3, -0.25) is 4.79 Å². The molecule has 0 saturated heterocycles. The number of anilines is 1. The average Bonchev–Trinajstić information content (AvgIpc) is 3.05. The van der Waals surface area contributed by atoms with E-state index in [1.165, 1.54) is 6.08 Å². The molecule has 0 bridgehead atoms. The third-order valence-corrected chi connectivity index (χ3v) is 4.42. The minimum absolute atomic E-state index is 0.224. The van der Waals surface area contributed by atoms with E-state index in [9.17, 15) is 4.79 Å². The molecule has 3 aromatic rings. The van der Waals surface area contributed by atoms with Crippen LogP contribution in [0.1, 0.15) is 23.8 Å². The van der Waals surface area contributed by atoms with Crippen LogP contribution >= 0.6 is 0 Å². The Kier molecular flexibility index (Phi) is 5.50. The fourth-order valence-electron chi connectivity index (χ4n) is 3.01. The first-order chi connectivity index (χ1) is 13.1. The molecule has 1 aromatic heterocycles. The third-order valence-electron chi connectivity index (χ3n) is 4.42. The van der Waals surface area contributed by atoms with Crippen LogP contribution in [0.25, 0.3) is 17.0 Å². The molecule has 3 rings (SSSR count). The van der Waals surface area contributed by atoms with E-state index in [1.54, 1.807) is 26.4 Å². The van der Waals surface area contributed by atoms with Crippen molar-refractivity contribution < 1.29 is 18.7 Å². The number of ether oxygens (including phenoxy) is 2. The average molecular weight is 365 g/mol. The molecule has 0 aliphatic carbocycles. The summed E-state index contributed by atoms with van der Waals surface area (Å²) in [5.41, 5.74) is 3.32. The summed E-state index contributed by atoms with van der Waals surface area (Å²) in [6.45, 7) is 3.93. The number of para-hydroxylation sites is 1. The van der Waals surface area contributed by atoms with Gasteiger partial charge in [0, 0.05) is 35.2 Å². The largest absolute Gasteiger partial charge is 0.493 e. The number of rotatable bonds is 6. The number of nitrogens with one attached hydrogen (secondary N) is 1. The van der Waals surface area contributed by atoms with Crippen LogP contribution in [0.3, 0.4) is 0 Å². The van der Waals surface area contributed by atoms with Crippen molar-refractivity contribution in [3.8, 4) is 11.5 Å². The van der Waals surface area contributed by atoms with Crippen LogP contribution in [0, 0.1) is 6.92 Å². The lowest BCUT2D eigenvalue weighted by molar-refractivity contribution is -0.111. The number of benzene rings is 2. The number of methoxy groups -OCH3 is 2. The lowest BCUT2D eigenvalue weighted by Gasteiger charge is -2.12. The summed E-state index contributed by atoms with van der Waals surface area (Å²) in [4.78, 5) is 12.4. The van der Waals surface area contributed by atoms with E-state index in [2.05, 4.69) is 5.32 Å². The summed E-state index contributed by atoms with van der Waals surface area (Å²) in [5, 5.41) is 3.89. The lowest BCUT2D eigenvalue weighted by atomic mass is 10.1. The number of hydrogen-bond acceptors (Lipinski definition) is 4. The van der Waals surface area contributed by atoms with E-state index in [-0.39, 0.29) is 5.91 Å². The van der Waals surface area contributed by atoms with Gasteiger partial charge >= 0.3 is 0 Å². The lowest BCUT2D eigenvalue weighted by Crippen LogP contribution is -2.09. The van der Waals surface area contributed by atoms with E-state index in [0.717, 1.165) is 34.3 Å². The molecular weight excluding hydrogens is 342 g/mol. The maximum Gasteiger partial charge on any atom is 0.248 e. The number of fused-ring (bicyclic) bond motifs is 1. The standard InChI is InChI=1S/C22H23NO4/c1-5-18-16(15-8-6-7-9-19(15)27-18)10-11-22(24)23-17-13-21(26-4)20(25-3)12-14(17)2/h6-13H,5H2,1-4H3,(H,23,24)/b11-10+. The molecule has 1 N–H and O–H groups in total. The van der Waals surface area contributed by atoms with Gasteiger partial charge in [0.15, 0.2) is 11.5 Å². The van der Waals surface area contributed by atoms with Crippen LogP contribution < -0.4 is 14.8 Å². The molecule has 2 aromatic carbocycles. The monoisotopic (exact) mass is 365 g/mol. The summed E-state index contributed by atoms with van der Waals surface area (Å²) in [6, 6.07) is 11.4. The Labute approximate surface area is 158 Å². The minimum atomic E-state index is -0.224. The first-order valence-electron chi connectivity index (χ1n) is 8.79. The van der Waals surface area contributed by atoms with Gasteiger partial charge in [-0.05, 0) is 30.7 Å². The number of hydrogen-bond donors (Lipinski definition) is 1. The smallest absolute Gasteiger partial charge is 0.248 e. The van der Waals surface area contributed by atoms with Crippen molar-refractivity contribution >= 4 is 28.6 Å². The van der Waals surface area contributed by atoms with E-state index < -0.39 is 0 Å². The number of carbonyl (C=O) groups is 1. The van der Waals surface area contributed by atoms with Crippen molar-refractivity contribution in [3.05, 3.63) is 59.4 Å². The molecule has 5 heteroatoms. The van der Waals surface area contributed by atoms with Crippen LogP contribution in [-0.2, 0) is 11.2 Å². The maximum atomic E-state index is 12.4. The Bertz CT molecular complexity index is 1000. The minimum Gasteiger partial charge on any atom is -0.493 e. The van der Waals surface area contributed by atoms with Crippen molar-refractivity contribution in [3.63, 3.8) is 0 Å². The van der Waals surface area contributed by atoms with Crippen LogP contribution in [0.15, 0.2) is 46.9 Å². The highest BCUT2D eigenvalue weighted by molar-refractivity contribution is 6.04. The van der Waals surface area contributed by atoms with Gasteiger partial charge in [0.2, 0.25) is 5.91 Å². The molecule has 5 nitrogen and oxygen atoms in total.